The summed E-state index contributed by atoms with van der Waals surface area (Å²) in [6.07, 6.45) is 6.90. The van der Waals surface area contributed by atoms with Crippen molar-refractivity contribution < 1.29 is 24.2 Å². The minimum Gasteiger partial charge on any atom is -0.478 e. The average Bonchev–Trinajstić information content (AvgIpc) is 3.58. The van der Waals surface area contributed by atoms with Crippen LogP contribution in [0.1, 0.15) is 31.8 Å². The quantitative estimate of drug-likeness (QED) is 0.225. The number of H-pyrrole nitrogens is 2. The number of nitrogens with zero attached hydrogens (tertiary/aromatic N) is 5. The maximum atomic E-state index is 14.2. The Labute approximate surface area is 204 Å². The number of benzene rings is 1. The Morgan fingerprint density at radius 3 is 2.28 bits per heavy atom. The molecule has 0 fully saturated rings. The molecule has 1 aliphatic rings. The van der Waals surface area contributed by atoms with Gasteiger partial charge in [0.05, 0.1) is 34.1 Å². The van der Waals surface area contributed by atoms with E-state index in [4.69, 9.17) is 16.7 Å². The lowest BCUT2D eigenvalue weighted by molar-refractivity contribution is 0.0688. The third-order valence-corrected chi connectivity index (χ3v) is 5.61. The van der Waals surface area contributed by atoms with Gasteiger partial charge < -0.3 is 25.5 Å². The number of nitrogens with one attached hydrogen (secondary N) is 3. The molecule has 12 nitrogen and oxygen atoms in total. The van der Waals surface area contributed by atoms with E-state index >= 15 is 0 Å². The van der Waals surface area contributed by atoms with Crippen molar-refractivity contribution in [1.82, 2.24) is 29.9 Å². The smallest absolute Gasteiger partial charge is 0.338 e. The first-order valence-electron chi connectivity index (χ1n) is 10.2. The van der Waals surface area contributed by atoms with Crippen LogP contribution in [0.15, 0.2) is 42.2 Å². The lowest BCUT2D eigenvalue weighted by Gasteiger charge is -2.10. The van der Waals surface area contributed by atoms with E-state index in [1.54, 1.807) is 12.3 Å². The number of hydrogen-bond acceptors (Lipinski definition) is 8. The van der Waals surface area contributed by atoms with Gasteiger partial charge in [0, 0.05) is 18.6 Å². The van der Waals surface area contributed by atoms with Gasteiger partial charge >= 0.3 is 11.9 Å². The van der Waals surface area contributed by atoms with Crippen LogP contribution in [0.25, 0.3) is 22.1 Å². The van der Waals surface area contributed by atoms with E-state index in [0.717, 1.165) is 11.1 Å². The van der Waals surface area contributed by atoms with Crippen LogP contribution in [0, 0.1) is 5.82 Å². The highest BCUT2D eigenvalue weighted by molar-refractivity contribution is 6.35. The van der Waals surface area contributed by atoms with E-state index in [1.807, 2.05) is 0 Å². The summed E-state index contributed by atoms with van der Waals surface area (Å²) in [5.74, 6) is -2.39. The standard InChI is InChI=1S/C15H10FN5O2.C7H4ClN3O2/c16-10-1-7-3-17-4-8(7)2-11(10)21-14-12-9(15(22)23)5-18-13(12)19-6-20-14;8-5-4-3(7(12)13)1-9-6(4)11-2-10-5/h1-2,4-6H,3H2,(H,22,23)(H2,18,19,20,21);1-2H,(H,12,13)(H,9,10,11). The molecule has 0 atom stereocenters. The second-order valence-corrected chi connectivity index (χ2v) is 7.83. The Balaban J connectivity index is 0.000000174. The van der Waals surface area contributed by atoms with Gasteiger partial charge in [-0.05, 0) is 23.3 Å². The minimum absolute atomic E-state index is 0.0197. The average molecular weight is 509 g/mol. The third-order valence-electron chi connectivity index (χ3n) is 5.33. The van der Waals surface area contributed by atoms with Gasteiger partial charge in [-0.1, -0.05) is 11.6 Å². The first-order chi connectivity index (χ1) is 17.3. The SMILES string of the molecule is O=C(O)c1c[nH]c2ncnc(Cl)c12.O=C(O)c1c[nH]c2ncnc(Nc3cc4c(cc3F)CN=C4)c12. The molecule has 0 aliphatic carbocycles. The predicted molar refractivity (Wildman–Crippen MR) is 128 cm³/mol. The van der Waals surface area contributed by atoms with Crippen molar-refractivity contribution in [3.8, 4) is 0 Å². The maximum Gasteiger partial charge on any atom is 0.338 e. The highest BCUT2D eigenvalue weighted by Crippen LogP contribution is 2.29. The van der Waals surface area contributed by atoms with Crippen LogP contribution in [0.3, 0.4) is 0 Å². The van der Waals surface area contributed by atoms with E-state index in [2.05, 4.69) is 40.2 Å². The molecule has 180 valence electrons. The summed E-state index contributed by atoms with van der Waals surface area (Å²) < 4.78 is 14.2. The number of anilines is 2. The number of carboxylic acids is 2. The highest BCUT2D eigenvalue weighted by Gasteiger charge is 2.18. The molecule has 0 spiro atoms. The summed E-state index contributed by atoms with van der Waals surface area (Å²) in [6.45, 7) is 0.464. The summed E-state index contributed by atoms with van der Waals surface area (Å²) in [6, 6.07) is 3.04. The minimum atomic E-state index is -1.12. The number of aromatic nitrogens is 6. The Morgan fingerprint density at radius 2 is 1.58 bits per heavy atom. The van der Waals surface area contributed by atoms with E-state index in [1.165, 1.54) is 31.1 Å². The van der Waals surface area contributed by atoms with Crippen LogP contribution in [0.4, 0.5) is 15.9 Å². The predicted octanol–water partition coefficient (Wildman–Crippen LogP) is 3.78. The van der Waals surface area contributed by atoms with Crippen molar-refractivity contribution in [1.29, 1.82) is 0 Å². The molecule has 0 radical (unpaired) electrons. The van der Waals surface area contributed by atoms with Crippen molar-refractivity contribution in [2.75, 3.05) is 5.32 Å². The molecule has 1 aromatic carbocycles. The molecule has 5 heterocycles. The number of carboxylic acid groups (broad SMARTS) is 2. The molecule has 0 unspecified atom stereocenters. The Morgan fingerprint density at radius 1 is 0.944 bits per heavy atom. The summed E-state index contributed by atoms with van der Waals surface area (Å²) in [5, 5.41) is 21.7. The second-order valence-electron chi connectivity index (χ2n) is 7.47. The zero-order valence-electron chi connectivity index (χ0n) is 18.0. The summed E-state index contributed by atoms with van der Waals surface area (Å²) in [4.78, 5) is 47.1. The van der Waals surface area contributed by atoms with Gasteiger partial charge in [0.1, 0.15) is 40.7 Å². The second kappa shape index (κ2) is 9.03. The van der Waals surface area contributed by atoms with Crippen molar-refractivity contribution >= 4 is 63.3 Å². The topological polar surface area (TPSA) is 182 Å². The van der Waals surface area contributed by atoms with E-state index in [9.17, 15) is 19.1 Å². The number of aromatic amines is 2. The van der Waals surface area contributed by atoms with E-state index in [0.29, 0.717) is 28.6 Å². The van der Waals surface area contributed by atoms with Crippen molar-refractivity contribution in [2.24, 2.45) is 4.99 Å². The Hall–Kier alpha value is -4.91. The number of fused-ring (bicyclic) bond motifs is 3. The zero-order valence-corrected chi connectivity index (χ0v) is 18.7. The molecular formula is C22H14ClFN8O4. The lowest BCUT2D eigenvalue weighted by atomic mass is 10.1. The zero-order chi connectivity index (χ0) is 25.4. The van der Waals surface area contributed by atoms with Crippen LogP contribution in [0.5, 0.6) is 0 Å². The normalized spacial score (nSPS) is 11.8. The van der Waals surface area contributed by atoms with Gasteiger partial charge in [0.2, 0.25) is 0 Å². The molecule has 14 heteroatoms. The number of hydrogen-bond donors (Lipinski definition) is 5. The Bertz CT molecular complexity index is 1700. The maximum absolute atomic E-state index is 14.2. The molecular weight excluding hydrogens is 495 g/mol. The highest BCUT2D eigenvalue weighted by atomic mass is 35.5. The van der Waals surface area contributed by atoms with Crippen molar-refractivity contribution in [3.63, 3.8) is 0 Å². The summed E-state index contributed by atoms with van der Waals surface area (Å²) in [5.41, 5.74) is 2.74. The molecule has 1 aliphatic heterocycles. The van der Waals surface area contributed by atoms with Gasteiger partial charge in [0.15, 0.2) is 0 Å². The van der Waals surface area contributed by atoms with Gasteiger partial charge in [-0.2, -0.15) is 0 Å². The van der Waals surface area contributed by atoms with Crippen LogP contribution in [0.2, 0.25) is 5.15 Å². The molecule has 0 amide bonds. The molecule has 36 heavy (non-hydrogen) atoms. The van der Waals surface area contributed by atoms with Gasteiger partial charge in [-0.3, -0.25) is 4.99 Å². The number of aromatic carboxylic acids is 2. The van der Waals surface area contributed by atoms with Gasteiger partial charge in [0.25, 0.3) is 0 Å². The van der Waals surface area contributed by atoms with E-state index < -0.39 is 17.8 Å². The molecule has 4 aromatic heterocycles. The van der Waals surface area contributed by atoms with Crippen LogP contribution >= 0.6 is 11.6 Å². The largest absolute Gasteiger partial charge is 0.478 e. The van der Waals surface area contributed by atoms with Crippen LogP contribution < -0.4 is 5.32 Å². The third kappa shape index (κ3) is 4.07. The molecule has 0 saturated carbocycles. The lowest BCUT2D eigenvalue weighted by Crippen LogP contribution is -2.02. The first-order valence-corrected chi connectivity index (χ1v) is 10.6. The van der Waals surface area contributed by atoms with Gasteiger partial charge in [-0.25, -0.2) is 33.9 Å². The van der Waals surface area contributed by atoms with Crippen LogP contribution in [-0.4, -0.2) is 58.3 Å². The summed E-state index contributed by atoms with van der Waals surface area (Å²) >= 11 is 5.71. The number of rotatable bonds is 4. The number of aliphatic imine (C=N–C) groups is 1. The number of carbonyl (C=O) groups is 2. The molecule has 0 saturated heterocycles. The monoisotopic (exact) mass is 508 g/mol. The fraction of sp³-hybridized carbons (Fsp3) is 0.0455. The van der Waals surface area contributed by atoms with Crippen molar-refractivity contribution in [2.45, 2.75) is 6.54 Å². The van der Waals surface area contributed by atoms with Gasteiger partial charge in [-0.15, -0.1) is 0 Å². The van der Waals surface area contributed by atoms with E-state index in [-0.39, 0.29) is 27.8 Å². The van der Waals surface area contributed by atoms with Crippen LogP contribution in [-0.2, 0) is 6.54 Å². The van der Waals surface area contributed by atoms with Crippen molar-refractivity contribution in [3.05, 3.63) is 70.4 Å². The summed E-state index contributed by atoms with van der Waals surface area (Å²) in [7, 11) is 0. The fourth-order valence-corrected chi connectivity index (χ4v) is 3.91. The molecule has 5 aromatic rings. The molecule has 6 rings (SSSR count). The molecule has 5 N–H and O–H groups in total. The number of halogens is 2. The first kappa shape index (κ1) is 22.9. The Kier molecular flexibility index (Phi) is 5.74. The fourth-order valence-electron chi connectivity index (χ4n) is 3.67. The molecule has 0 bridgehead atoms.